The van der Waals surface area contributed by atoms with Gasteiger partial charge in [-0.15, -0.1) is 0 Å². The van der Waals surface area contributed by atoms with Crippen LogP contribution in [0.1, 0.15) is 17.8 Å². The van der Waals surface area contributed by atoms with E-state index in [9.17, 15) is 4.79 Å². The highest BCUT2D eigenvalue weighted by atomic mass is 16.1. The van der Waals surface area contributed by atoms with Gasteiger partial charge in [0, 0.05) is 18.3 Å². The van der Waals surface area contributed by atoms with Crippen LogP contribution in [0.4, 0.5) is 5.69 Å². The van der Waals surface area contributed by atoms with E-state index in [1.54, 1.807) is 31.3 Å². The van der Waals surface area contributed by atoms with E-state index in [4.69, 9.17) is 5.73 Å². The average Bonchev–Trinajstić information content (AvgIpc) is 2.05. The summed E-state index contributed by atoms with van der Waals surface area (Å²) in [6.07, 6.45) is 0. The molecule has 0 aromatic heterocycles. The zero-order chi connectivity index (χ0) is 8.27. The predicted octanol–water partition coefficient (Wildman–Crippen LogP) is 1.26. The number of nitrogens with one attached hydrogen (secondary N) is 1. The number of rotatable bonds is 1. The van der Waals surface area contributed by atoms with Crippen LogP contribution in [0.2, 0.25) is 0 Å². The van der Waals surface area contributed by atoms with E-state index < -0.39 is 0 Å². The van der Waals surface area contributed by atoms with Crippen molar-refractivity contribution in [1.82, 2.24) is 5.32 Å². The molecule has 0 atom stereocenters. The van der Waals surface area contributed by atoms with Crippen molar-refractivity contribution in [1.29, 1.82) is 0 Å². The van der Waals surface area contributed by atoms with Crippen molar-refractivity contribution in [3.8, 4) is 0 Å². The van der Waals surface area contributed by atoms with Gasteiger partial charge in [-0.1, -0.05) is 7.43 Å². The smallest absolute Gasteiger partial charge is 0.251 e. The number of anilines is 1. The molecule has 1 aromatic carbocycles. The highest BCUT2D eigenvalue weighted by Crippen LogP contribution is 2.04. The Morgan fingerprint density at radius 3 is 2.25 bits per heavy atom. The van der Waals surface area contributed by atoms with E-state index in [1.165, 1.54) is 0 Å². The van der Waals surface area contributed by atoms with Gasteiger partial charge in [0.25, 0.3) is 5.91 Å². The zero-order valence-corrected chi connectivity index (χ0v) is 6.29. The Balaban J connectivity index is 0.00000121. The summed E-state index contributed by atoms with van der Waals surface area (Å²) in [6.45, 7) is 0. The van der Waals surface area contributed by atoms with Crippen molar-refractivity contribution in [3.63, 3.8) is 0 Å². The van der Waals surface area contributed by atoms with Crippen LogP contribution in [0.5, 0.6) is 0 Å². The Morgan fingerprint density at radius 2 is 1.83 bits per heavy atom. The first-order valence-electron chi connectivity index (χ1n) is 3.31. The van der Waals surface area contributed by atoms with Crippen molar-refractivity contribution < 1.29 is 4.79 Å². The first-order valence-corrected chi connectivity index (χ1v) is 3.31. The highest BCUT2D eigenvalue weighted by Gasteiger charge is 1.99. The Labute approximate surface area is 72.6 Å². The second kappa shape index (κ2) is 4.38. The van der Waals surface area contributed by atoms with Crippen LogP contribution in [-0.2, 0) is 0 Å². The van der Waals surface area contributed by atoms with Gasteiger partial charge in [0.05, 0.1) is 0 Å². The molecule has 3 heteroatoms. The molecule has 1 rings (SSSR count). The van der Waals surface area contributed by atoms with Gasteiger partial charge in [-0.25, -0.2) is 0 Å². The maximum atomic E-state index is 11.0. The summed E-state index contributed by atoms with van der Waals surface area (Å²) >= 11 is 0. The maximum absolute atomic E-state index is 11.0. The van der Waals surface area contributed by atoms with Gasteiger partial charge in [-0.2, -0.15) is 0 Å². The number of hydrogen-bond donors (Lipinski definition) is 2. The molecule has 3 nitrogen and oxygen atoms in total. The SMILES string of the molecule is C.CNC(=O)c1ccc(N)cc1. The van der Waals surface area contributed by atoms with Gasteiger partial charge in [-0.3, -0.25) is 4.79 Å². The second-order valence-electron chi connectivity index (χ2n) is 2.20. The number of carbonyl (C=O) groups excluding carboxylic acids is 1. The first-order chi connectivity index (χ1) is 5.24. The predicted molar refractivity (Wildman–Crippen MR) is 51.0 cm³/mol. The van der Waals surface area contributed by atoms with E-state index in [0.29, 0.717) is 11.3 Å². The monoisotopic (exact) mass is 166 g/mol. The summed E-state index contributed by atoms with van der Waals surface area (Å²) in [5, 5.41) is 2.52. The lowest BCUT2D eigenvalue weighted by atomic mass is 10.2. The summed E-state index contributed by atoms with van der Waals surface area (Å²) in [5.74, 6) is -0.0926. The first kappa shape index (κ1) is 10.5. The van der Waals surface area contributed by atoms with Gasteiger partial charge in [0.1, 0.15) is 0 Å². The van der Waals surface area contributed by atoms with E-state index in [2.05, 4.69) is 5.32 Å². The molecule has 1 aromatic rings. The molecule has 0 aliphatic heterocycles. The third-order valence-electron chi connectivity index (χ3n) is 1.40. The highest BCUT2D eigenvalue weighted by molar-refractivity contribution is 5.94. The number of amides is 1. The molecular formula is C9H14N2O. The lowest BCUT2D eigenvalue weighted by molar-refractivity contribution is 0.0963. The summed E-state index contributed by atoms with van der Waals surface area (Å²) in [6, 6.07) is 6.78. The average molecular weight is 166 g/mol. The molecule has 0 spiro atoms. The maximum Gasteiger partial charge on any atom is 0.251 e. The van der Waals surface area contributed by atoms with E-state index in [1.807, 2.05) is 0 Å². The quantitative estimate of drug-likeness (QED) is 0.617. The van der Waals surface area contributed by atoms with Crippen molar-refractivity contribution in [2.24, 2.45) is 0 Å². The van der Waals surface area contributed by atoms with Crippen molar-refractivity contribution in [2.45, 2.75) is 7.43 Å². The largest absolute Gasteiger partial charge is 0.399 e. The fourth-order valence-corrected chi connectivity index (χ4v) is 0.779. The normalized spacial score (nSPS) is 8.42. The molecule has 0 heterocycles. The molecule has 0 bridgehead atoms. The molecule has 0 fully saturated rings. The van der Waals surface area contributed by atoms with Crippen molar-refractivity contribution in [2.75, 3.05) is 12.8 Å². The molecule has 0 saturated heterocycles. The molecule has 0 saturated carbocycles. The Bertz CT molecular complexity index is 254. The number of nitrogens with two attached hydrogens (primary N) is 1. The van der Waals surface area contributed by atoms with Crippen LogP contribution in [0.25, 0.3) is 0 Å². The van der Waals surface area contributed by atoms with E-state index in [0.717, 1.165) is 0 Å². The topological polar surface area (TPSA) is 55.1 Å². The van der Waals surface area contributed by atoms with Gasteiger partial charge in [0.2, 0.25) is 0 Å². The van der Waals surface area contributed by atoms with Crippen molar-refractivity contribution >= 4 is 11.6 Å². The minimum Gasteiger partial charge on any atom is -0.399 e. The molecule has 12 heavy (non-hydrogen) atoms. The lowest BCUT2D eigenvalue weighted by Crippen LogP contribution is -2.17. The van der Waals surface area contributed by atoms with Crippen LogP contribution in [0.3, 0.4) is 0 Å². The second-order valence-corrected chi connectivity index (χ2v) is 2.20. The zero-order valence-electron chi connectivity index (χ0n) is 6.29. The van der Waals surface area contributed by atoms with E-state index >= 15 is 0 Å². The molecule has 0 aliphatic rings. The molecule has 0 unspecified atom stereocenters. The molecule has 0 radical (unpaired) electrons. The Hall–Kier alpha value is -1.51. The molecule has 3 N–H and O–H groups in total. The summed E-state index contributed by atoms with van der Waals surface area (Å²) < 4.78 is 0. The van der Waals surface area contributed by atoms with Crippen LogP contribution in [0, 0.1) is 0 Å². The minimum atomic E-state index is -0.0926. The molecular weight excluding hydrogens is 152 g/mol. The summed E-state index contributed by atoms with van der Waals surface area (Å²) in [7, 11) is 1.60. The fourth-order valence-electron chi connectivity index (χ4n) is 0.779. The number of nitrogen functional groups attached to an aromatic ring is 1. The van der Waals surface area contributed by atoms with Gasteiger partial charge < -0.3 is 11.1 Å². The number of hydrogen-bond acceptors (Lipinski definition) is 2. The third kappa shape index (κ3) is 2.27. The summed E-state index contributed by atoms with van der Waals surface area (Å²) in [4.78, 5) is 11.0. The van der Waals surface area contributed by atoms with Crippen molar-refractivity contribution in [3.05, 3.63) is 29.8 Å². The number of carbonyl (C=O) groups is 1. The van der Waals surface area contributed by atoms with Crippen LogP contribution in [0.15, 0.2) is 24.3 Å². The third-order valence-corrected chi connectivity index (χ3v) is 1.40. The standard InChI is InChI=1S/C8H10N2O.CH4/c1-10-8(11)6-2-4-7(9)5-3-6;/h2-5H,9H2,1H3,(H,10,11);1H4. The molecule has 0 aliphatic carbocycles. The van der Waals surface area contributed by atoms with Crippen LogP contribution < -0.4 is 11.1 Å². The minimum absolute atomic E-state index is 0. The van der Waals surface area contributed by atoms with Gasteiger partial charge >= 0.3 is 0 Å². The number of benzene rings is 1. The fraction of sp³-hybridized carbons (Fsp3) is 0.222. The van der Waals surface area contributed by atoms with Gasteiger partial charge in [-0.05, 0) is 24.3 Å². The van der Waals surface area contributed by atoms with Crippen LogP contribution >= 0.6 is 0 Å². The molecule has 1 amide bonds. The summed E-state index contributed by atoms with van der Waals surface area (Å²) in [5.41, 5.74) is 6.73. The van der Waals surface area contributed by atoms with Crippen LogP contribution in [-0.4, -0.2) is 13.0 Å². The molecule has 66 valence electrons. The van der Waals surface area contributed by atoms with E-state index in [-0.39, 0.29) is 13.3 Å². The van der Waals surface area contributed by atoms with Gasteiger partial charge in [0.15, 0.2) is 0 Å². The Kier molecular flexibility index (Phi) is 3.83. The lowest BCUT2D eigenvalue weighted by Gasteiger charge is -1.98. The Morgan fingerprint density at radius 1 is 1.33 bits per heavy atom.